The van der Waals surface area contributed by atoms with Gasteiger partial charge in [0.2, 0.25) is 5.91 Å². The minimum absolute atomic E-state index is 0.145. The first-order valence-electron chi connectivity index (χ1n) is 8.45. The highest BCUT2D eigenvalue weighted by Crippen LogP contribution is 2.35. The SMILES string of the molecule is CC(=O)N[C@@H](C=O)[C@@H](O)[C@H](O)[C@H](O)COP(=O)(O)O.N[C@@H](C=O)[C@@H](O)[C@H](O)[C@H](O)CO. The predicted molar refractivity (Wildman–Crippen MR) is 98.8 cm³/mol. The fourth-order valence-corrected chi connectivity index (χ4v) is 2.14. The molecule has 17 heteroatoms. The van der Waals surface area contributed by atoms with Crippen molar-refractivity contribution in [2.45, 2.75) is 55.6 Å². The van der Waals surface area contributed by atoms with Crippen LogP contribution < -0.4 is 11.1 Å². The van der Waals surface area contributed by atoms with Crippen molar-refractivity contribution in [2.75, 3.05) is 13.2 Å². The van der Waals surface area contributed by atoms with Gasteiger partial charge in [-0.05, 0) is 0 Å². The van der Waals surface area contributed by atoms with Gasteiger partial charge >= 0.3 is 7.82 Å². The Morgan fingerprint density at radius 3 is 1.81 bits per heavy atom. The Morgan fingerprint density at radius 2 is 1.45 bits per heavy atom. The van der Waals surface area contributed by atoms with E-state index in [-0.39, 0.29) is 12.6 Å². The highest BCUT2D eigenvalue weighted by atomic mass is 31.2. The fraction of sp³-hybridized carbons (Fsp3) is 0.786. The van der Waals surface area contributed by atoms with E-state index in [1.54, 1.807) is 0 Å². The molecule has 184 valence electrons. The number of aldehydes is 2. The van der Waals surface area contributed by atoms with E-state index in [1.807, 2.05) is 5.32 Å². The summed E-state index contributed by atoms with van der Waals surface area (Å²) in [6.07, 6.45) is -9.96. The molecule has 0 fully saturated rings. The summed E-state index contributed by atoms with van der Waals surface area (Å²) in [5, 5.41) is 65.5. The fourth-order valence-electron chi connectivity index (χ4n) is 1.79. The first kappa shape index (κ1) is 31.8. The quantitative estimate of drug-likeness (QED) is 0.0862. The lowest BCUT2D eigenvalue weighted by Gasteiger charge is -2.26. The van der Waals surface area contributed by atoms with Crippen molar-refractivity contribution in [3.63, 3.8) is 0 Å². The second kappa shape index (κ2) is 15.4. The molecule has 12 N–H and O–H groups in total. The Morgan fingerprint density at radius 1 is 0.968 bits per heavy atom. The van der Waals surface area contributed by atoms with Crippen molar-refractivity contribution in [3.05, 3.63) is 0 Å². The predicted octanol–water partition coefficient (Wildman–Crippen LogP) is -6.53. The second-order valence-electron chi connectivity index (χ2n) is 6.14. The number of phosphoric ester groups is 1. The summed E-state index contributed by atoms with van der Waals surface area (Å²) in [7, 11) is -4.83. The number of nitrogens with two attached hydrogens (primary N) is 1. The molecule has 31 heavy (non-hydrogen) atoms. The molecule has 0 saturated carbocycles. The molecule has 1 amide bonds. The Bertz CT molecular complexity index is 589. The molecule has 0 bridgehead atoms. The van der Waals surface area contributed by atoms with E-state index in [0.29, 0.717) is 0 Å². The van der Waals surface area contributed by atoms with Crippen LogP contribution in [-0.2, 0) is 23.5 Å². The molecule has 16 nitrogen and oxygen atoms in total. The van der Waals surface area contributed by atoms with Crippen molar-refractivity contribution in [3.8, 4) is 0 Å². The molecule has 0 saturated heterocycles. The van der Waals surface area contributed by atoms with Crippen molar-refractivity contribution < 1.29 is 69.0 Å². The van der Waals surface area contributed by atoms with Crippen molar-refractivity contribution in [2.24, 2.45) is 5.73 Å². The summed E-state index contributed by atoms with van der Waals surface area (Å²) in [5.74, 6) is -0.649. The van der Waals surface area contributed by atoms with Crippen LogP contribution in [0.25, 0.3) is 0 Å². The Balaban J connectivity index is 0. The largest absolute Gasteiger partial charge is 0.469 e. The maximum Gasteiger partial charge on any atom is 0.469 e. The first-order chi connectivity index (χ1) is 14.1. The zero-order valence-corrected chi connectivity index (χ0v) is 17.2. The summed E-state index contributed by atoms with van der Waals surface area (Å²) in [5.41, 5.74) is 5.04. The third kappa shape index (κ3) is 13.6. The van der Waals surface area contributed by atoms with E-state index in [0.717, 1.165) is 6.92 Å². The number of aliphatic hydroxyl groups excluding tert-OH is 7. The smallest absolute Gasteiger partial charge is 0.394 e. The van der Waals surface area contributed by atoms with Crippen LogP contribution in [0.2, 0.25) is 0 Å². The van der Waals surface area contributed by atoms with Crippen LogP contribution in [0.1, 0.15) is 6.92 Å². The van der Waals surface area contributed by atoms with Gasteiger partial charge in [-0.15, -0.1) is 0 Å². The molecule has 0 aromatic carbocycles. The van der Waals surface area contributed by atoms with E-state index >= 15 is 0 Å². The standard InChI is InChI=1S/C8H16NO9P.C6H13NO5/c1-4(11)9-5(2-10)7(13)8(14)6(12)3-18-19(15,16)17;7-3(1-8)5(11)6(12)4(10)2-9/h2,5-8,12-14H,3H2,1H3,(H,9,11)(H2,15,16,17);1,3-6,9-12H,2,7H2/t5-,6+,7+,8+;3-,4+,5+,6+/m00/s1. The summed E-state index contributed by atoms with van der Waals surface area (Å²) >= 11 is 0. The third-order valence-corrected chi connectivity index (χ3v) is 4.01. The molecule has 0 aliphatic carbocycles. The molecule has 0 aromatic heterocycles. The molecule has 0 spiro atoms. The van der Waals surface area contributed by atoms with Gasteiger partial charge in [-0.3, -0.25) is 9.32 Å². The van der Waals surface area contributed by atoms with Gasteiger partial charge in [-0.2, -0.15) is 0 Å². The van der Waals surface area contributed by atoms with E-state index in [1.165, 1.54) is 0 Å². The molecule has 0 radical (unpaired) electrons. The number of aliphatic hydroxyl groups is 7. The number of hydrogen-bond donors (Lipinski definition) is 11. The van der Waals surface area contributed by atoms with Gasteiger partial charge in [-0.25, -0.2) is 4.57 Å². The maximum absolute atomic E-state index is 10.7. The van der Waals surface area contributed by atoms with Crippen LogP contribution in [0.5, 0.6) is 0 Å². The molecule has 0 rings (SSSR count). The van der Waals surface area contributed by atoms with Gasteiger partial charge in [0.15, 0.2) is 0 Å². The summed E-state index contributed by atoms with van der Waals surface area (Å²) in [6.45, 7) is -0.596. The molecule has 0 aliphatic rings. The number of amides is 1. The average molecular weight is 480 g/mol. The zero-order chi connectivity index (χ0) is 24.9. The van der Waals surface area contributed by atoms with Crippen LogP contribution in [0.4, 0.5) is 0 Å². The summed E-state index contributed by atoms with van der Waals surface area (Å²) in [4.78, 5) is 48.1. The van der Waals surface area contributed by atoms with E-state index in [4.69, 9.17) is 35.9 Å². The van der Waals surface area contributed by atoms with Crippen LogP contribution >= 0.6 is 7.82 Å². The number of rotatable bonds is 13. The minimum Gasteiger partial charge on any atom is -0.394 e. The average Bonchev–Trinajstić information content (AvgIpc) is 2.71. The van der Waals surface area contributed by atoms with Crippen LogP contribution in [0.3, 0.4) is 0 Å². The van der Waals surface area contributed by atoms with Gasteiger partial charge < -0.3 is 66.2 Å². The molecule has 0 aliphatic heterocycles. The molecule has 8 atom stereocenters. The number of hydrogen-bond acceptors (Lipinski definition) is 13. The van der Waals surface area contributed by atoms with Crippen molar-refractivity contribution in [1.29, 1.82) is 0 Å². The highest BCUT2D eigenvalue weighted by Gasteiger charge is 2.33. The van der Waals surface area contributed by atoms with E-state index in [2.05, 4.69) is 4.52 Å². The topological polar surface area (TPSA) is 298 Å². The monoisotopic (exact) mass is 480 g/mol. The lowest BCUT2D eigenvalue weighted by atomic mass is 10.0. The zero-order valence-electron chi connectivity index (χ0n) is 16.3. The van der Waals surface area contributed by atoms with E-state index < -0.39 is 75.7 Å². The molecular weight excluding hydrogens is 451 g/mol. The third-order valence-electron chi connectivity index (χ3n) is 3.52. The lowest BCUT2D eigenvalue weighted by molar-refractivity contribution is -0.129. The van der Waals surface area contributed by atoms with Crippen LogP contribution in [0, 0.1) is 0 Å². The molecule has 0 unspecified atom stereocenters. The highest BCUT2D eigenvalue weighted by molar-refractivity contribution is 7.46. The number of nitrogens with one attached hydrogen (secondary N) is 1. The van der Waals surface area contributed by atoms with Crippen LogP contribution in [0.15, 0.2) is 0 Å². The van der Waals surface area contributed by atoms with Gasteiger partial charge in [0.25, 0.3) is 0 Å². The van der Waals surface area contributed by atoms with Crippen LogP contribution in [-0.4, -0.2) is 126 Å². The van der Waals surface area contributed by atoms with Gasteiger partial charge in [0, 0.05) is 6.92 Å². The number of phosphoric acid groups is 1. The lowest BCUT2D eigenvalue weighted by Crippen LogP contribution is -2.53. The number of carbonyl (C=O) groups is 3. The first-order valence-corrected chi connectivity index (χ1v) is 9.98. The normalized spacial score (nSPS) is 19.3. The minimum atomic E-state index is -4.83. The Labute approximate surface area is 176 Å². The molecule has 0 aromatic rings. The van der Waals surface area contributed by atoms with Gasteiger partial charge in [-0.1, -0.05) is 0 Å². The van der Waals surface area contributed by atoms with Gasteiger partial charge in [0.1, 0.15) is 55.2 Å². The van der Waals surface area contributed by atoms with Crippen molar-refractivity contribution in [1.82, 2.24) is 5.32 Å². The maximum atomic E-state index is 10.7. The summed E-state index contributed by atoms with van der Waals surface area (Å²) < 4.78 is 14.3. The number of carbonyl (C=O) groups excluding carboxylic acids is 3. The Kier molecular flexibility index (Phi) is 15.8. The van der Waals surface area contributed by atoms with Crippen molar-refractivity contribution >= 4 is 26.3 Å². The van der Waals surface area contributed by atoms with Gasteiger partial charge in [0.05, 0.1) is 19.3 Å². The molecular formula is C14H29N2O14P. The Hall–Kier alpha value is -1.40. The summed E-state index contributed by atoms with van der Waals surface area (Å²) in [6, 6.07) is -2.74. The van der Waals surface area contributed by atoms with E-state index in [9.17, 15) is 34.3 Å². The second-order valence-corrected chi connectivity index (χ2v) is 7.38. The molecule has 0 heterocycles.